The van der Waals surface area contributed by atoms with Crippen LogP contribution in [0.2, 0.25) is 13.1 Å². The van der Waals surface area contributed by atoms with E-state index >= 15 is 0 Å². The van der Waals surface area contributed by atoms with Crippen LogP contribution in [0.25, 0.3) is 0 Å². The van der Waals surface area contributed by atoms with Gasteiger partial charge in [0.15, 0.2) is 0 Å². The standard InChI is InChI=1S/C9H11F5.C4H12O2Si/c1-7(9(12,13)14)5-2-3-6(4-5)8(7,10)11;1-5-7(3,4)6-2/h5-6H,2-4H2,1H3;1-4H3. The minimum Gasteiger partial charge on any atom is -0.398 e. The van der Waals surface area contributed by atoms with E-state index < -0.39 is 37.9 Å². The summed E-state index contributed by atoms with van der Waals surface area (Å²) < 4.78 is 74.8. The Bertz CT molecular complexity index is 366. The van der Waals surface area contributed by atoms with Crippen LogP contribution < -0.4 is 0 Å². The van der Waals surface area contributed by atoms with E-state index in [2.05, 4.69) is 0 Å². The first-order chi connectivity index (χ1) is 9.33. The van der Waals surface area contributed by atoms with Crippen molar-refractivity contribution in [3.05, 3.63) is 0 Å². The summed E-state index contributed by atoms with van der Waals surface area (Å²) in [6, 6.07) is 0. The van der Waals surface area contributed by atoms with Crippen LogP contribution in [0.15, 0.2) is 0 Å². The summed E-state index contributed by atoms with van der Waals surface area (Å²) in [7, 11) is 1.70. The Balaban J connectivity index is 0.000000270. The van der Waals surface area contributed by atoms with E-state index in [1.54, 1.807) is 14.2 Å². The monoisotopic (exact) mass is 334 g/mol. The second-order valence-corrected chi connectivity index (χ2v) is 9.95. The summed E-state index contributed by atoms with van der Waals surface area (Å²) in [6.45, 7) is 4.66. The van der Waals surface area contributed by atoms with Crippen molar-refractivity contribution < 1.29 is 30.8 Å². The van der Waals surface area contributed by atoms with Crippen LogP contribution >= 0.6 is 0 Å². The molecule has 0 aromatic carbocycles. The Hall–Kier alpha value is -0.213. The zero-order valence-electron chi connectivity index (χ0n) is 13.0. The smallest absolute Gasteiger partial charge is 0.398 e. The minimum atomic E-state index is -4.80. The summed E-state index contributed by atoms with van der Waals surface area (Å²) in [5.41, 5.74) is -2.79. The van der Waals surface area contributed by atoms with Gasteiger partial charge in [-0.2, -0.15) is 13.2 Å². The third-order valence-electron chi connectivity index (χ3n) is 5.03. The van der Waals surface area contributed by atoms with Gasteiger partial charge in [-0.1, -0.05) is 0 Å². The number of hydrogen-bond donors (Lipinski definition) is 0. The molecule has 0 aromatic heterocycles. The highest BCUT2D eigenvalue weighted by Gasteiger charge is 2.77. The van der Waals surface area contributed by atoms with Crippen LogP contribution in [0, 0.1) is 17.3 Å². The fourth-order valence-corrected chi connectivity index (χ4v) is 3.20. The Morgan fingerprint density at radius 2 is 1.43 bits per heavy atom. The molecule has 3 unspecified atom stereocenters. The highest BCUT2D eigenvalue weighted by molar-refractivity contribution is 6.64. The van der Waals surface area contributed by atoms with Gasteiger partial charge in [0.05, 0.1) is 0 Å². The lowest BCUT2D eigenvalue weighted by Gasteiger charge is -2.41. The van der Waals surface area contributed by atoms with Crippen molar-refractivity contribution in [3.8, 4) is 0 Å². The van der Waals surface area contributed by atoms with Gasteiger partial charge in [-0.15, -0.1) is 0 Å². The molecule has 126 valence electrons. The average Bonchev–Trinajstić information content (AvgIpc) is 2.92. The number of hydrogen-bond acceptors (Lipinski definition) is 2. The fraction of sp³-hybridized carbons (Fsp3) is 1.00. The van der Waals surface area contributed by atoms with E-state index in [-0.39, 0.29) is 19.3 Å². The molecule has 2 nitrogen and oxygen atoms in total. The largest absolute Gasteiger partial charge is 0.400 e. The maximum absolute atomic E-state index is 13.5. The zero-order chi connectivity index (χ0) is 16.7. The molecule has 2 fully saturated rings. The molecule has 0 aromatic rings. The van der Waals surface area contributed by atoms with Gasteiger partial charge in [0, 0.05) is 20.1 Å². The molecule has 8 heteroatoms. The lowest BCUT2D eigenvalue weighted by atomic mass is 9.71. The van der Waals surface area contributed by atoms with E-state index in [9.17, 15) is 22.0 Å². The molecule has 2 rings (SSSR count). The quantitative estimate of drug-likeness (QED) is 0.543. The minimum absolute atomic E-state index is 0.0308. The van der Waals surface area contributed by atoms with Crippen molar-refractivity contribution in [2.75, 3.05) is 14.2 Å². The number of alkyl halides is 5. The summed E-state index contributed by atoms with van der Waals surface area (Å²) in [4.78, 5) is 0. The van der Waals surface area contributed by atoms with Gasteiger partial charge < -0.3 is 8.85 Å². The summed E-state index contributed by atoms with van der Waals surface area (Å²) >= 11 is 0. The highest BCUT2D eigenvalue weighted by atomic mass is 28.4. The summed E-state index contributed by atoms with van der Waals surface area (Å²) in [5.74, 6) is -5.52. The van der Waals surface area contributed by atoms with E-state index in [0.717, 1.165) is 0 Å². The molecule has 0 aliphatic heterocycles. The van der Waals surface area contributed by atoms with Gasteiger partial charge in [-0.05, 0) is 45.2 Å². The van der Waals surface area contributed by atoms with Crippen molar-refractivity contribution in [2.24, 2.45) is 17.3 Å². The number of fused-ring (bicyclic) bond motifs is 2. The third kappa shape index (κ3) is 3.12. The van der Waals surface area contributed by atoms with Crippen molar-refractivity contribution in [1.82, 2.24) is 0 Å². The summed E-state index contributed by atoms with van der Waals surface area (Å²) in [5, 5.41) is 0. The Kier molecular flexibility index (Phi) is 5.18. The molecule has 2 aliphatic rings. The van der Waals surface area contributed by atoms with Crippen molar-refractivity contribution >= 4 is 8.56 Å². The predicted octanol–water partition coefficient (Wildman–Crippen LogP) is 4.60. The lowest BCUT2D eigenvalue weighted by molar-refractivity contribution is -0.308. The van der Waals surface area contributed by atoms with Gasteiger partial charge in [0.1, 0.15) is 5.41 Å². The van der Waals surface area contributed by atoms with Crippen LogP contribution in [0.5, 0.6) is 0 Å². The maximum Gasteiger partial charge on any atom is 0.400 e. The molecular formula is C13H23F5O2Si. The number of halogens is 5. The lowest BCUT2D eigenvalue weighted by Crippen LogP contribution is -2.53. The summed E-state index contributed by atoms with van der Waals surface area (Å²) in [6.07, 6.45) is -4.24. The van der Waals surface area contributed by atoms with Crippen LogP contribution in [0.1, 0.15) is 26.2 Å². The predicted molar refractivity (Wildman–Crippen MR) is 71.4 cm³/mol. The first-order valence-electron chi connectivity index (χ1n) is 6.88. The van der Waals surface area contributed by atoms with Crippen LogP contribution in [-0.4, -0.2) is 34.9 Å². The first kappa shape index (κ1) is 18.8. The number of rotatable bonds is 2. The second-order valence-electron chi connectivity index (χ2n) is 6.34. The van der Waals surface area contributed by atoms with Gasteiger partial charge in [-0.25, -0.2) is 8.78 Å². The van der Waals surface area contributed by atoms with Gasteiger partial charge in [0.25, 0.3) is 5.92 Å². The highest BCUT2D eigenvalue weighted by Crippen LogP contribution is 2.69. The van der Waals surface area contributed by atoms with Gasteiger partial charge in [0.2, 0.25) is 0 Å². The Morgan fingerprint density at radius 1 is 1.00 bits per heavy atom. The zero-order valence-corrected chi connectivity index (χ0v) is 14.0. The molecule has 0 radical (unpaired) electrons. The molecule has 3 atom stereocenters. The van der Waals surface area contributed by atoms with E-state index in [0.29, 0.717) is 6.92 Å². The molecule has 2 saturated carbocycles. The SMILES string of the molecule is CC1(C(F)(F)F)C2CCC(C2)C1(F)F.CO[Si](C)(C)OC. The van der Waals surface area contributed by atoms with E-state index in [1.165, 1.54) is 0 Å². The molecule has 0 N–H and O–H groups in total. The van der Waals surface area contributed by atoms with Gasteiger partial charge in [-0.3, -0.25) is 0 Å². The van der Waals surface area contributed by atoms with Crippen LogP contribution in [0.3, 0.4) is 0 Å². The van der Waals surface area contributed by atoms with E-state index in [1.807, 2.05) is 13.1 Å². The molecule has 0 saturated heterocycles. The van der Waals surface area contributed by atoms with Gasteiger partial charge >= 0.3 is 14.7 Å². The maximum atomic E-state index is 13.5. The average molecular weight is 334 g/mol. The van der Waals surface area contributed by atoms with Crippen LogP contribution in [-0.2, 0) is 8.85 Å². The molecule has 2 aliphatic carbocycles. The molecule has 21 heavy (non-hydrogen) atoms. The topological polar surface area (TPSA) is 18.5 Å². The van der Waals surface area contributed by atoms with E-state index in [4.69, 9.17) is 8.85 Å². The van der Waals surface area contributed by atoms with Crippen LogP contribution in [0.4, 0.5) is 22.0 Å². The van der Waals surface area contributed by atoms with Crippen molar-refractivity contribution in [1.29, 1.82) is 0 Å². The fourth-order valence-electron chi connectivity index (χ4n) is 3.04. The molecule has 2 bridgehead atoms. The third-order valence-corrected chi connectivity index (χ3v) is 6.99. The van der Waals surface area contributed by atoms with Crippen molar-refractivity contribution in [2.45, 2.75) is 51.4 Å². The first-order valence-corrected chi connectivity index (χ1v) is 9.70. The second kappa shape index (κ2) is 5.77. The van der Waals surface area contributed by atoms with Crippen molar-refractivity contribution in [3.63, 3.8) is 0 Å². The Labute approximate surface area is 123 Å². The normalized spacial score (nSPS) is 34.6. The molecule has 0 amide bonds. The molecule has 0 spiro atoms. The Morgan fingerprint density at radius 3 is 1.62 bits per heavy atom. The molecular weight excluding hydrogens is 311 g/mol. The molecule has 0 heterocycles.